The van der Waals surface area contributed by atoms with E-state index in [1.54, 1.807) is 13.3 Å². The number of carboxylic acid groups (broad SMARTS) is 1. The van der Waals surface area contributed by atoms with Gasteiger partial charge >= 0.3 is 5.97 Å². The van der Waals surface area contributed by atoms with Crippen molar-refractivity contribution >= 4 is 45.5 Å². The number of imidazole rings is 1. The van der Waals surface area contributed by atoms with Gasteiger partial charge in [-0.15, -0.1) is 22.9 Å². The first-order valence-corrected chi connectivity index (χ1v) is 15.3. The van der Waals surface area contributed by atoms with Crippen LogP contribution in [0.1, 0.15) is 47.6 Å². The van der Waals surface area contributed by atoms with Gasteiger partial charge in [0.05, 0.1) is 30.3 Å². The molecule has 2 aromatic heterocycles. The maximum atomic E-state index is 15.1. The number of alkyl halides is 1. The van der Waals surface area contributed by atoms with Crippen LogP contribution in [0, 0.1) is 11.7 Å². The summed E-state index contributed by atoms with van der Waals surface area (Å²) >= 11 is 7.01. The van der Waals surface area contributed by atoms with Crippen LogP contribution in [0.3, 0.4) is 0 Å². The number of methoxy groups -OCH3 is 1. The first kappa shape index (κ1) is 28.5. The number of aliphatic imine (C=N–C) groups is 1. The predicted molar refractivity (Wildman–Crippen MR) is 155 cm³/mol. The highest BCUT2D eigenvalue weighted by molar-refractivity contribution is 7.20. The number of allylic oxidation sites excluding steroid dienone is 3. The van der Waals surface area contributed by atoms with E-state index in [0.29, 0.717) is 37.1 Å². The topological polar surface area (TPSA) is 98.4 Å². The second kappa shape index (κ2) is 12.3. The first-order chi connectivity index (χ1) is 19.9. The zero-order chi connectivity index (χ0) is 28.5. The van der Waals surface area contributed by atoms with E-state index < -0.39 is 11.8 Å². The standard InChI is InChI=1S/C29H34ClFN4O5S/c1-38-22-4-2-3-21(26(22)40-16-19-6-5-18(30)13-32-19)17-7-10-34(11-8-17)15-23-33-28-25(24(31)27(41-28)29(36)37)35(23)14-20-9-12-39-20/h2-3,6,13,17-18,20,22H,4-5,7-12,14-16H2,1H3,(H,36,37)/t18?,20-,22?/m0/s1. The third-order valence-corrected chi connectivity index (χ3v) is 9.58. The largest absolute Gasteiger partial charge is 0.489 e. The number of rotatable bonds is 10. The molecule has 2 aromatic rings. The molecule has 1 N–H and O–H groups in total. The first-order valence-electron chi connectivity index (χ1n) is 14.1. The number of aromatic carboxylic acids is 1. The Kier molecular flexibility index (Phi) is 8.60. The highest BCUT2D eigenvalue weighted by Gasteiger charge is 2.32. The Bertz CT molecular complexity index is 1420. The minimum Gasteiger partial charge on any atom is -0.489 e. The molecule has 12 heteroatoms. The molecule has 0 aromatic carbocycles. The summed E-state index contributed by atoms with van der Waals surface area (Å²) in [4.78, 5) is 23.1. The van der Waals surface area contributed by atoms with Crippen molar-refractivity contribution in [1.29, 1.82) is 0 Å². The molecule has 9 nitrogen and oxygen atoms in total. The number of carbonyl (C=O) groups is 1. The number of aromatic nitrogens is 2. The van der Waals surface area contributed by atoms with Crippen molar-refractivity contribution in [3.8, 4) is 0 Å². The van der Waals surface area contributed by atoms with Gasteiger partial charge in [0.2, 0.25) is 0 Å². The number of halogens is 2. The average Bonchev–Trinajstić information content (AvgIpc) is 3.46. The molecular weight excluding hydrogens is 571 g/mol. The van der Waals surface area contributed by atoms with Crippen molar-refractivity contribution in [2.24, 2.45) is 10.9 Å². The lowest BCUT2D eigenvalue weighted by Gasteiger charge is -2.35. The van der Waals surface area contributed by atoms with Crippen LogP contribution in [0.4, 0.5) is 4.39 Å². The van der Waals surface area contributed by atoms with E-state index in [4.69, 9.17) is 30.8 Å². The second-order valence-electron chi connectivity index (χ2n) is 10.9. The Morgan fingerprint density at radius 3 is 2.76 bits per heavy atom. The average molecular weight is 605 g/mol. The molecule has 5 heterocycles. The molecule has 2 saturated heterocycles. The van der Waals surface area contributed by atoms with Crippen molar-refractivity contribution in [3.63, 3.8) is 0 Å². The smallest absolute Gasteiger partial charge is 0.349 e. The van der Waals surface area contributed by atoms with E-state index in [0.717, 1.165) is 73.8 Å². The number of fused-ring (bicyclic) bond motifs is 1. The lowest BCUT2D eigenvalue weighted by molar-refractivity contribution is -0.0592. The van der Waals surface area contributed by atoms with Crippen LogP contribution in [0.2, 0.25) is 0 Å². The van der Waals surface area contributed by atoms with E-state index in [-0.39, 0.29) is 28.0 Å². The minimum atomic E-state index is -1.27. The Balaban J connectivity index is 1.16. The van der Waals surface area contributed by atoms with E-state index in [1.807, 2.05) is 10.6 Å². The van der Waals surface area contributed by atoms with E-state index in [2.05, 4.69) is 22.0 Å². The van der Waals surface area contributed by atoms with Gasteiger partial charge in [-0.25, -0.2) is 14.2 Å². The van der Waals surface area contributed by atoms with Crippen molar-refractivity contribution in [2.45, 2.75) is 62.8 Å². The van der Waals surface area contributed by atoms with Crippen LogP contribution in [0.5, 0.6) is 0 Å². The molecule has 0 bridgehead atoms. The molecule has 0 amide bonds. The summed E-state index contributed by atoms with van der Waals surface area (Å²) in [7, 11) is 1.72. The molecule has 1 aliphatic carbocycles. The van der Waals surface area contributed by atoms with Gasteiger partial charge in [0.25, 0.3) is 0 Å². The third kappa shape index (κ3) is 6.01. The zero-order valence-electron chi connectivity index (χ0n) is 22.9. The summed E-state index contributed by atoms with van der Waals surface area (Å²) in [5.74, 6) is -0.00974. The number of hydrogen-bond donors (Lipinski definition) is 1. The maximum absolute atomic E-state index is 15.1. The monoisotopic (exact) mass is 604 g/mol. The molecule has 220 valence electrons. The van der Waals surface area contributed by atoms with E-state index >= 15 is 4.39 Å². The number of hydrogen-bond acceptors (Lipinski definition) is 8. The Morgan fingerprint density at radius 1 is 1.29 bits per heavy atom. The Hall–Kier alpha value is -2.57. The molecule has 3 atom stereocenters. The Morgan fingerprint density at radius 2 is 2.10 bits per heavy atom. The van der Waals surface area contributed by atoms with Gasteiger partial charge in [-0.3, -0.25) is 9.89 Å². The Labute approximate surface area is 246 Å². The van der Waals surface area contributed by atoms with Crippen molar-refractivity contribution in [1.82, 2.24) is 14.5 Å². The van der Waals surface area contributed by atoms with Crippen LogP contribution < -0.4 is 0 Å². The molecular formula is C29H34ClFN4O5S. The summed E-state index contributed by atoms with van der Waals surface area (Å²) in [6.07, 6.45) is 12.3. The molecule has 4 aliphatic rings. The molecule has 0 spiro atoms. The quantitative estimate of drug-likeness (QED) is 0.375. The summed E-state index contributed by atoms with van der Waals surface area (Å²) in [5.41, 5.74) is 2.34. The van der Waals surface area contributed by atoms with Crippen LogP contribution in [-0.4, -0.2) is 82.7 Å². The number of carboxylic acids is 1. The van der Waals surface area contributed by atoms with Crippen LogP contribution in [0.25, 0.3) is 10.3 Å². The summed E-state index contributed by atoms with van der Waals surface area (Å²) in [6, 6.07) is 0. The number of piperidine rings is 1. The van der Waals surface area contributed by atoms with Gasteiger partial charge < -0.3 is 23.9 Å². The van der Waals surface area contributed by atoms with Crippen molar-refractivity contribution in [3.05, 3.63) is 51.8 Å². The molecule has 0 radical (unpaired) electrons. The fourth-order valence-electron chi connectivity index (χ4n) is 5.89. The fraction of sp³-hybridized carbons (Fsp3) is 0.552. The summed E-state index contributed by atoms with van der Waals surface area (Å²) in [5, 5.41) is 9.34. The van der Waals surface area contributed by atoms with Crippen LogP contribution in [0.15, 0.2) is 40.2 Å². The van der Waals surface area contributed by atoms with Gasteiger partial charge in [-0.05, 0) is 56.7 Å². The summed E-state index contributed by atoms with van der Waals surface area (Å²) < 4.78 is 34.7. The minimum absolute atomic E-state index is 0.00642. The number of likely N-dealkylation sites (tertiary alicyclic amines) is 1. The number of thiophene rings is 1. The van der Waals surface area contributed by atoms with Gasteiger partial charge in [0.1, 0.15) is 34.6 Å². The van der Waals surface area contributed by atoms with Crippen molar-refractivity contribution < 1.29 is 28.5 Å². The molecule has 0 saturated carbocycles. The van der Waals surface area contributed by atoms with Crippen LogP contribution >= 0.6 is 22.9 Å². The molecule has 2 unspecified atom stereocenters. The predicted octanol–water partition coefficient (Wildman–Crippen LogP) is 5.15. The second-order valence-corrected chi connectivity index (χ2v) is 12.4. The highest BCUT2D eigenvalue weighted by atomic mass is 35.5. The van der Waals surface area contributed by atoms with E-state index in [1.165, 1.54) is 5.57 Å². The molecule has 6 rings (SSSR count). The normalized spacial score (nSPS) is 25.5. The highest BCUT2D eigenvalue weighted by Crippen LogP contribution is 2.36. The zero-order valence-corrected chi connectivity index (χ0v) is 24.5. The van der Waals surface area contributed by atoms with Gasteiger partial charge in [-0.2, -0.15) is 0 Å². The molecule has 3 aliphatic heterocycles. The maximum Gasteiger partial charge on any atom is 0.349 e. The SMILES string of the molecule is COC1CC=CC(C2CCN(Cc3nc4sc(C(=O)O)c(F)c4n3C[C@@H]3CCO3)CC2)=C1OCC1=CCC(Cl)C=N1. The van der Waals surface area contributed by atoms with Crippen LogP contribution in [-0.2, 0) is 27.3 Å². The lowest BCUT2D eigenvalue weighted by atomic mass is 9.84. The molecule has 2 fully saturated rings. The van der Waals surface area contributed by atoms with Gasteiger partial charge in [-0.1, -0.05) is 18.2 Å². The van der Waals surface area contributed by atoms with Gasteiger partial charge in [0.15, 0.2) is 10.7 Å². The van der Waals surface area contributed by atoms with Crippen molar-refractivity contribution in [2.75, 3.05) is 33.4 Å². The number of nitrogens with zero attached hydrogens (tertiary/aromatic N) is 4. The fourth-order valence-corrected chi connectivity index (χ4v) is 6.95. The lowest BCUT2D eigenvalue weighted by Crippen LogP contribution is -2.36. The number of ether oxygens (including phenoxy) is 3. The third-order valence-electron chi connectivity index (χ3n) is 8.25. The van der Waals surface area contributed by atoms with E-state index in [9.17, 15) is 9.90 Å². The summed E-state index contributed by atoms with van der Waals surface area (Å²) in [6.45, 7) is 3.81. The van der Waals surface area contributed by atoms with Gasteiger partial charge in [0, 0.05) is 19.9 Å². The molecule has 41 heavy (non-hydrogen) atoms.